The van der Waals surface area contributed by atoms with E-state index in [-0.39, 0.29) is 11.5 Å². The van der Waals surface area contributed by atoms with Gasteiger partial charge in [0.25, 0.3) is 5.56 Å². The molecule has 0 unspecified atom stereocenters. The molecule has 1 aliphatic rings. The lowest BCUT2D eigenvalue weighted by molar-refractivity contribution is -0.130. The van der Waals surface area contributed by atoms with Crippen molar-refractivity contribution in [2.24, 2.45) is 5.92 Å². The number of likely N-dealkylation sites (tertiary alicyclic amines) is 1. The minimum atomic E-state index is 0.0450. The average molecular weight is 374 g/mol. The third-order valence-corrected chi connectivity index (χ3v) is 6.65. The first-order chi connectivity index (χ1) is 12.1. The topological polar surface area (TPSA) is 55.2 Å². The van der Waals surface area contributed by atoms with Crippen LogP contribution in [0.2, 0.25) is 0 Å². The summed E-state index contributed by atoms with van der Waals surface area (Å²) in [6.07, 6.45) is 3.55. The minimum absolute atomic E-state index is 0.0450. The van der Waals surface area contributed by atoms with Crippen molar-refractivity contribution in [3.05, 3.63) is 39.6 Å². The van der Waals surface area contributed by atoms with Crippen LogP contribution >= 0.6 is 22.7 Å². The van der Waals surface area contributed by atoms with Crippen molar-refractivity contribution >= 4 is 38.8 Å². The molecule has 1 amide bonds. The molecule has 0 N–H and O–H groups in total. The molecule has 1 fully saturated rings. The molecule has 4 heterocycles. The number of amides is 1. The lowest BCUT2D eigenvalue weighted by Gasteiger charge is -2.31. The van der Waals surface area contributed by atoms with Crippen LogP contribution in [0.5, 0.6) is 0 Å². The first kappa shape index (κ1) is 16.5. The summed E-state index contributed by atoms with van der Waals surface area (Å²) in [4.78, 5) is 32.8. The number of fused-ring (bicyclic) bond motifs is 1. The molecule has 0 aliphatic carbocycles. The van der Waals surface area contributed by atoms with Gasteiger partial charge < -0.3 is 4.90 Å². The summed E-state index contributed by atoms with van der Waals surface area (Å²) in [5.41, 5.74) is 1.04. The van der Waals surface area contributed by atoms with Gasteiger partial charge >= 0.3 is 0 Å². The van der Waals surface area contributed by atoms with Crippen molar-refractivity contribution in [3.63, 3.8) is 0 Å². The predicted molar refractivity (Wildman–Crippen MR) is 102 cm³/mol. The molecular weight excluding hydrogens is 354 g/mol. The van der Waals surface area contributed by atoms with Crippen molar-refractivity contribution in [1.29, 1.82) is 0 Å². The van der Waals surface area contributed by atoms with Crippen LogP contribution < -0.4 is 5.56 Å². The maximum absolute atomic E-state index is 13.0. The second-order valence-corrected chi connectivity index (χ2v) is 8.26. The Hall–Kier alpha value is -1.99. The van der Waals surface area contributed by atoms with Crippen LogP contribution in [-0.4, -0.2) is 33.4 Å². The Labute approximate surface area is 153 Å². The minimum Gasteiger partial charge on any atom is -0.343 e. The van der Waals surface area contributed by atoms with Gasteiger partial charge in [-0.1, -0.05) is 6.07 Å². The van der Waals surface area contributed by atoms with Gasteiger partial charge in [-0.05, 0) is 30.2 Å². The van der Waals surface area contributed by atoms with Crippen LogP contribution in [0, 0.1) is 5.92 Å². The Kier molecular flexibility index (Phi) is 4.43. The monoisotopic (exact) mass is 373 g/mol. The zero-order valence-corrected chi connectivity index (χ0v) is 15.6. The van der Waals surface area contributed by atoms with E-state index in [0.717, 1.165) is 46.6 Å². The van der Waals surface area contributed by atoms with E-state index < -0.39 is 0 Å². The predicted octanol–water partition coefficient (Wildman–Crippen LogP) is 3.45. The summed E-state index contributed by atoms with van der Waals surface area (Å²) in [6, 6.07) is 4.04. The fraction of sp³-hybridized carbons (Fsp3) is 0.389. The van der Waals surface area contributed by atoms with Gasteiger partial charge in [0, 0.05) is 42.4 Å². The number of thiophene rings is 2. The second kappa shape index (κ2) is 6.72. The van der Waals surface area contributed by atoms with Crippen LogP contribution in [0.15, 0.2) is 34.0 Å². The normalized spacial score (nSPS) is 15.8. The zero-order chi connectivity index (χ0) is 17.4. The average Bonchev–Trinajstić information content (AvgIpc) is 3.27. The molecule has 0 atom stereocenters. The van der Waals surface area contributed by atoms with Gasteiger partial charge in [-0.3, -0.25) is 14.2 Å². The van der Waals surface area contributed by atoms with E-state index in [2.05, 4.69) is 4.98 Å². The Morgan fingerprint density at radius 3 is 2.80 bits per heavy atom. The highest BCUT2D eigenvalue weighted by atomic mass is 32.1. The van der Waals surface area contributed by atoms with Gasteiger partial charge in [0.15, 0.2) is 0 Å². The van der Waals surface area contributed by atoms with Crippen LogP contribution in [0.3, 0.4) is 0 Å². The quantitative estimate of drug-likeness (QED) is 0.707. The molecule has 1 saturated heterocycles. The standard InChI is InChI=1S/C18H19N3O2S2/c1-12(22)20-6-4-13(5-7-20)9-21-11-19-17-16(18(21)23)14(10-25-17)15-3-2-8-24-15/h2-3,8,10-11,13H,4-7,9H2,1H3. The zero-order valence-electron chi connectivity index (χ0n) is 14.0. The molecule has 1 aliphatic heterocycles. The molecule has 130 valence electrons. The number of aromatic nitrogens is 2. The summed E-state index contributed by atoms with van der Waals surface area (Å²) in [6.45, 7) is 3.85. The van der Waals surface area contributed by atoms with E-state index in [9.17, 15) is 9.59 Å². The lowest BCUT2D eigenvalue weighted by Crippen LogP contribution is -2.38. The van der Waals surface area contributed by atoms with E-state index in [1.165, 1.54) is 11.3 Å². The highest BCUT2D eigenvalue weighted by Gasteiger charge is 2.22. The number of carbonyl (C=O) groups is 1. The molecule has 5 nitrogen and oxygen atoms in total. The van der Waals surface area contributed by atoms with Crippen molar-refractivity contribution in [3.8, 4) is 10.4 Å². The van der Waals surface area contributed by atoms with E-state index >= 15 is 0 Å². The first-order valence-corrected chi connectivity index (χ1v) is 10.2. The van der Waals surface area contributed by atoms with Gasteiger partial charge in [0.1, 0.15) is 4.83 Å². The van der Waals surface area contributed by atoms with Gasteiger partial charge in [-0.25, -0.2) is 4.98 Å². The lowest BCUT2D eigenvalue weighted by atomic mass is 9.96. The van der Waals surface area contributed by atoms with Crippen molar-refractivity contribution in [2.75, 3.05) is 13.1 Å². The van der Waals surface area contributed by atoms with Crippen molar-refractivity contribution < 1.29 is 4.79 Å². The first-order valence-electron chi connectivity index (χ1n) is 8.39. The second-order valence-electron chi connectivity index (χ2n) is 6.46. The van der Waals surface area contributed by atoms with Crippen LogP contribution in [0.4, 0.5) is 0 Å². The Morgan fingerprint density at radius 1 is 1.32 bits per heavy atom. The maximum Gasteiger partial charge on any atom is 0.262 e. The number of piperidine rings is 1. The molecule has 7 heteroatoms. The van der Waals surface area contributed by atoms with E-state index in [1.807, 2.05) is 27.8 Å². The van der Waals surface area contributed by atoms with Gasteiger partial charge in [-0.2, -0.15) is 0 Å². The van der Waals surface area contributed by atoms with Crippen molar-refractivity contribution in [2.45, 2.75) is 26.3 Å². The molecule has 0 aromatic carbocycles. The number of hydrogen-bond acceptors (Lipinski definition) is 5. The Morgan fingerprint density at radius 2 is 2.12 bits per heavy atom. The SMILES string of the molecule is CC(=O)N1CCC(Cn2cnc3scc(-c4cccs4)c3c2=O)CC1. The van der Waals surface area contributed by atoms with E-state index in [0.29, 0.717) is 12.5 Å². The number of carbonyl (C=O) groups excluding carboxylic acids is 1. The summed E-state index contributed by atoms with van der Waals surface area (Å²) in [5.74, 6) is 0.550. The van der Waals surface area contributed by atoms with E-state index in [1.54, 1.807) is 29.2 Å². The summed E-state index contributed by atoms with van der Waals surface area (Å²) < 4.78 is 1.75. The fourth-order valence-electron chi connectivity index (χ4n) is 3.42. The Balaban J connectivity index is 1.61. The summed E-state index contributed by atoms with van der Waals surface area (Å²) >= 11 is 3.16. The third-order valence-electron chi connectivity index (χ3n) is 4.86. The number of nitrogens with zero attached hydrogens (tertiary/aromatic N) is 3. The summed E-state index contributed by atoms with van der Waals surface area (Å²) in [5, 5.41) is 4.79. The highest BCUT2D eigenvalue weighted by Crippen LogP contribution is 2.33. The molecule has 4 rings (SSSR count). The molecule has 3 aromatic heterocycles. The molecule has 25 heavy (non-hydrogen) atoms. The molecule has 0 saturated carbocycles. The van der Waals surface area contributed by atoms with Crippen LogP contribution in [0.1, 0.15) is 19.8 Å². The van der Waals surface area contributed by atoms with Gasteiger partial charge in [0.05, 0.1) is 11.7 Å². The van der Waals surface area contributed by atoms with Crippen molar-refractivity contribution in [1.82, 2.24) is 14.5 Å². The largest absolute Gasteiger partial charge is 0.343 e. The van der Waals surface area contributed by atoms with Crippen LogP contribution in [0.25, 0.3) is 20.7 Å². The maximum atomic E-state index is 13.0. The van der Waals surface area contributed by atoms with Gasteiger partial charge in [0.2, 0.25) is 5.91 Å². The number of hydrogen-bond donors (Lipinski definition) is 0. The molecular formula is C18H19N3O2S2. The van der Waals surface area contributed by atoms with Crippen LogP contribution in [-0.2, 0) is 11.3 Å². The molecule has 0 spiro atoms. The molecule has 3 aromatic rings. The number of rotatable bonds is 3. The third kappa shape index (κ3) is 3.14. The highest BCUT2D eigenvalue weighted by molar-refractivity contribution is 7.18. The Bertz CT molecular complexity index is 951. The van der Waals surface area contributed by atoms with E-state index in [4.69, 9.17) is 0 Å². The molecule has 0 radical (unpaired) electrons. The smallest absolute Gasteiger partial charge is 0.262 e. The fourth-order valence-corrected chi connectivity index (χ4v) is 5.14. The summed E-state index contributed by atoms with van der Waals surface area (Å²) in [7, 11) is 0. The molecule has 0 bridgehead atoms. The van der Waals surface area contributed by atoms with Gasteiger partial charge in [-0.15, -0.1) is 22.7 Å².